The molecule has 0 aromatic carbocycles. The van der Waals surface area contributed by atoms with Gasteiger partial charge in [-0.3, -0.25) is 0 Å². The van der Waals surface area contributed by atoms with E-state index in [0.717, 1.165) is 0 Å². The summed E-state index contributed by atoms with van der Waals surface area (Å²) in [4.78, 5) is 22.2. The fraction of sp³-hybridized carbons (Fsp3) is 0.667. The Hall–Kier alpha value is -1.70. The van der Waals surface area contributed by atoms with Crippen LogP contribution in [0, 0.1) is 0 Å². The Morgan fingerprint density at radius 1 is 0.600 bits per heavy atom. The molecule has 0 amide bonds. The lowest BCUT2D eigenvalue weighted by Crippen LogP contribution is -2.12. The molecule has 0 spiro atoms. The molecule has 0 radical (unpaired) electrons. The van der Waals surface area contributed by atoms with E-state index in [1.165, 1.54) is 0 Å². The predicted molar refractivity (Wildman–Crippen MR) is 93.2 cm³/mol. The van der Waals surface area contributed by atoms with Crippen molar-refractivity contribution in [2.45, 2.75) is 26.7 Å². The highest BCUT2D eigenvalue weighted by atomic mass is 16.6. The van der Waals surface area contributed by atoms with Gasteiger partial charge in [-0.15, -0.1) is 0 Å². The van der Waals surface area contributed by atoms with E-state index in [2.05, 4.69) is 13.2 Å². The maximum atomic E-state index is 11.1. The summed E-state index contributed by atoms with van der Waals surface area (Å²) >= 11 is 0. The number of rotatable bonds is 16. The Bertz CT molecular complexity index is 380. The summed E-state index contributed by atoms with van der Waals surface area (Å²) in [6.07, 6.45) is 1.27. The smallest absolute Gasteiger partial charge is 0.333 e. The molecule has 0 heterocycles. The van der Waals surface area contributed by atoms with Crippen LogP contribution in [0.1, 0.15) is 26.7 Å². The second kappa shape index (κ2) is 15.8. The molecule has 7 heteroatoms. The fourth-order valence-electron chi connectivity index (χ4n) is 1.44. The topological polar surface area (TPSA) is 80.3 Å². The third-order valence-electron chi connectivity index (χ3n) is 2.77. The van der Waals surface area contributed by atoms with Crippen LogP contribution in [0.2, 0.25) is 0 Å². The van der Waals surface area contributed by atoms with Gasteiger partial charge in [0.15, 0.2) is 0 Å². The molecule has 0 saturated carbocycles. The summed E-state index contributed by atoms with van der Waals surface area (Å²) in [5, 5.41) is 0. The summed E-state index contributed by atoms with van der Waals surface area (Å²) < 4.78 is 25.9. The van der Waals surface area contributed by atoms with Crippen molar-refractivity contribution < 1.29 is 33.3 Å². The van der Waals surface area contributed by atoms with Crippen LogP contribution in [0.25, 0.3) is 0 Å². The molecule has 0 aliphatic heterocycles. The Morgan fingerprint density at radius 2 is 0.920 bits per heavy atom. The summed E-state index contributed by atoms with van der Waals surface area (Å²) in [5.74, 6) is -0.755. The number of hydrogen-bond acceptors (Lipinski definition) is 7. The van der Waals surface area contributed by atoms with Crippen molar-refractivity contribution in [3.8, 4) is 0 Å². The van der Waals surface area contributed by atoms with Crippen LogP contribution in [0.5, 0.6) is 0 Å². The van der Waals surface area contributed by atoms with Crippen LogP contribution in [0.3, 0.4) is 0 Å². The molecule has 0 bridgehead atoms. The predicted octanol–water partition coefficient (Wildman–Crippen LogP) is 2.06. The van der Waals surface area contributed by atoms with Gasteiger partial charge in [0.25, 0.3) is 0 Å². The minimum absolute atomic E-state index is 0.321. The van der Waals surface area contributed by atoms with Gasteiger partial charge in [0, 0.05) is 37.2 Å². The van der Waals surface area contributed by atoms with Crippen LogP contribution >= 0.6 is 0 Å². The molecule has 0 N–H and O–H groups in total. The van der Waals surface area contributed by atoms with Crippen LogP contribution in [0.15, 0.2) is 24.3 Å². The van der Waals surface area contributed by atoms with E-state index in [1.807, 2.05) is 0 Å². The van der Waals surface area contributed by atoms with Crippen molar-refractivity contribution in [3.05, 3.63) is 24.3 Å². The summed E-state index contributed by atoms with van der Waals surface area (Å²) in [7, 11) is 0. The van der Waals surface area contributed by atoms with Gasteiger partial charge in [0.05, 0.1) is 39.6 Å². The van der Waals surface area contributed by atoms with E-state index in [4.69, 9.17) is 23.7 Å². The zero-order valence-corrected chi connectivity index (χ0v) is 15.3. The summed E-state index contributed by atoms with van der Waals surface area (Å²) in [6.45, 7) is 13.8. The quantitative estimate of drug-likeness (QED) is 0.237. The SMILES string of the molecule is C=C(C)C(=O)OCCCOCCOCCOCCCOC(=O)C(=C)C. The van der Waals surface area contributed by atoms with Gasteiger partial charge in [-0.2, -0.15) is 0 Å². The number of esters is 2. The molecule has 25 heavy (non-hydrogen) atoms. The molecular formula is C18H30O7. The maximum absolute atomic E-state index is 11.1. The highest BCUT2D eigenvalue weighted by Gasteiger charge is 2.02. The van der Waals surface area contributed by atoms with Gasteiger partial charge in [0.1, 0.15) is 0 Å². The van der Waals surface area contributed by atoms with Crippen molar-refractivity contribution in [1.82, 2.24) is 0 Å². The normalized spacial score (nSPS) is 10.3. The van der Waals surface area contributed by atoms with Gasteiger partial charge >= 0.3 is 11.9 Å². The lowest BCUT2D eigenvalue weighted by atomic mass is 10.4. The first-order valence-corrected chi connectivity index (χ1v) is 8.33. The first-order chi connectivity index (χ1) is 11.9. The Morgan fingerprint density at radius 3 is 1.24 bits per heavy atom. The summed E-state index contributed by atoms with van der Waals surface area (Å²) in [5.41, 5.74) is 0.786. The maximum Gasteiger partial charge on any atom is 0.333 e. The van der Waals surface area contributed by atoms with Gasteiger partial charge in [0.2, 0.25) is 0 Å². The summed E-state index contributed by atoms with van der Waals surface area (Å²) in [6, 6.07) is 0. The van der Waals surface area contributed by atoms with Gasteiger partial charge < -0.3 is 23.7 Å². The zero-order valence-electron chi connectivity index (χ0n) is 15.3. The standard InChI is InChI=1S/C18H30O7/c1-15(2)17(19)24-9-5-7-21-11-13-23-14-12-22-8-6-10-25-18(20)16(3)4/h1,3,5-14H2,2,4H3. The minimum Gasteiger partial charge on any atom is -0.462 e. The molecule has 144 valence electrons. The number of carbonyl (C=O) groups excluding carboxylic acids is 2. The monoisotopic (exact) mass is 358 g/mol. The average molecular weight is 358 g/mol. The molecule has 0 saturated heterocycles. The average Bonchev–Trinajstić information content (AvgIpc) is 2.57. The zero-order chi connectivity index (χ0) is 18.9. The fourth-order valence-corrected chi connectivity index (χ4v) is 1.44. The van der Waals surface area contributed by atoms with E-state index in [0.29, 0.717) is 76.8 Å². The molecule has 0 fully saturated rings. The van der Waals surface area contributed by atoms with Crippen LogP contribution in [0.4, 0.5) is 0 Å². The van der Waals surface area contributed by atoms with Crippen molar-refractivity contribution in [2.24, 2.45) is 0 Å². The van der Waals surface area contributed by atoms with Gasteiger partial charge in [-0.25, -0.2) is 9.59 Å². The lowest BCUT2D eigenvalue weighted by molar-refractivity contribution is -0.140. The minimum atomic E-state index is -0.377. The number of hydrogen-bond donors (Lipinski definition) is 0. The van der Waals surface area contributed by atoms with E-state index >= 15 is 0 Å². The Labute approximate surface area is 149 Å². The van der Waals surface area contributed by atoms with Crippen LogP contribution in [-0.2, 0) is 33.3 Å². The molecular weight excluding hydrogens is 328 g/mol. The Balaban J connectivity index is 3.17. The van der Waals surface area contributed by atoms with Crippen LogP contribution in [-0.4, -0.2) is 64.8 Å². The highest BCUT2D eigenvalue weighted by Crippen LogP contribution is 1.95. The van der Waals surface area contributed by atoms with Crippen LogP contribution < -0.4 is 0 Å². The first kappa shape index (κ1) is 23.3. The van der Waals surface area contributed by atoms with E-state index < -0.39 is 0 Å². The van der Waals surface area contributed by atoms with Crippen molar-refractivity contribution in [1.29, 1.82) is 0 Å². The third kappa shape index (κ3) is 15.6. The number of ether oxygens (including phenoxy) is 5. The van der Waals surface area contributed by atoms with E-state index in [1.54, 1.807) is 13.8 Å². The second-order valence-corrected chi connectivity index (χ2v) is 5.38. The van der Waals surface area contributed by atoms with Gasteiger partial charge in [-0.05, 0) is 13.8 Å². The van der Waals surface area contributed by atoms with Crippen molar-refractivity contribution >= 4 is 11.9 Å². The molecule has 0 unspecified atom stereocenters. The highest BCUT2D eigenvalue weighted by molar-refractivity contribution is 5.87. The van der Waals surface area contributed by atoms with Crippen molar-refractivity contribution in [3.63, 3.8) is 0 Å². The van der Waals surface area contributed by atoms with E-state index in [9.17, 15) is 9.59 Å². The van der Waals surface area contributed by atoms with E-state index in [-0.39, 0.29) is 11.9 Å². The van der Waals surface area contributed by atoms with Crippen molar-refractivity contribution in [2.75, 3.05) is 52.9 Å². The molecule has 0 aliphatic carbocycles. The first-order valence-electron chi connectivity index (χ1n) is 8.33. The number of carbonyl (C=O) groups is 2. The van der Waals surface area contributed by atoms with Gasteiger partial charge in [-0.1, -0.05) is 13.2 Å². The largest absolute Gasteiger partial charge is 0.462 e. The second-order valence-electron chi connectivity index (χ2n) is 5.38. The Kier molecular flexibility index (Phi) is 14.7. The third-order valence-corrected chi connectivity index (χ3v) is 2.77. The molecule has 0 aromatic heterocycles. The molecule has 7 nitrogen and oxygen atoms in total. The molecule has 0 aliphatic rings. The molecule has 0 atom stereocenters. The molecule has 0 rings (SSSR count). The lowest BCUT2D eigenvalue weighted by Gasteiger charge is -2.08. The molecule has 0 aromatic rings.